The van der Waals surface area contributed by atoms with Crippen molar-refractivity contribution in [2.75, 3.05) is 51.2 Å². The molecular formula is C24H32FN7. The van der Waals surface area contributed by atoms with Crippen molar-refractivity contribution in [1.29, 1.82) is 0 Å². The zero-order valence-electron chi connectivity index (χ0n) is 18.9. The summed E-state index contributed by atoms with van der Waals surface area (Å²) in [4.78, 5) is 17.2. The van der Waals surface area contributed by atoms with Crippen LogP contribution in [0.4, 0.5) is 10.2 Å². The van der Waals surface area contributed by atoms with Gasteiger partial charge in [-0.1, -0.05) is 0 Å². The van der Waals surface area contributed by atoms with E-state index < -0.39 is 0 Å². The van der Waals surface area contributed by atoms with Crippen LogP contribution in [0.15, 0.2) is 47.7 Å². The second-order valence-corrected chi connectivity index (χ2v) is 8.19. The van der Waals surface area contributed by atoms with E-state index in [-0.39, 0.29) is 5.82 Å². The number of benzene rings is 1. The summed E-state index contributed by atoms with van der Waals surface area (Å²) < 4.78 is 13.6. The highest BCUT2D eigenvalue weighted by Crippen LogP contribution is 2.19. The highest BCUT2D eigenvalue weighted by Gasteiger charge is 2.15. The standard InChI is InChI=1S/C24H32FN7/c1-3-26-24(28-9-7-19-17-29-22-5-4-20(25)15-21(19)22)30-16-18-6-8-27-23(14-18)32-12-10-31(2)11-13-32/h4-6,8,14-15,17,29H,3,7,9-13,16H2,1-2H3,(H2,26,28,30). The molecule has 0 spiro atoms. The van der Waals surface area contributed by atoms with Crippen LogP contribution in [-0.2, 0) is 13.0 Å². The lowest BCUT2D eigenvalue weighted by atomic mass is 10.1. The number of nitrogens with zero attached hydrogens (tertiary/aromatic N) is 4. The van der Waals surface area contributed by atoms with Gasteiger partial charge in [0.15, 0.2) is 5.96 Å². The van der Waals surface area contributed by atoms with Crippen molar-refractivity contribution in [3.8, 4) is 0 Å². The first-order valence-corrected chi connectivity index (χ1v) is 11.3. The summed E-state index contributed by atoms with van der Waals surface area (Å²) in [6, 6.07) is 9.00. The minimum absolute atomic E-state index is 0.213. The number of hydrogen-bond donors (Lipinski definition) is 3. The number of pyridine rings is 1. The number of H-pyrrole nitrogens is 1. The van der Waals surface area contributed by atoms with Gasteiger partial charge in [-0.2, -0.15) is 0 Å². The van der Waals surface area contributed by atoms with Gasteiger partial charge in [0.1, 0.15) is 11.6 Å². The van der Waals surface area contributed by atoms with Crippen molar-refractivity contribution in [2.24, 2.45) is 4.99 Å². The van der Waals surface area contributed by atoms with E-state index in [1.807, 2.05) is 18.5 Å². The Balaban J connectivity index is 1.35. The van der Waals surface area contributed by atoms with E-state index in [1.54, 1.807) is 12.1 Å². The number of hydrogen-bond acceptors (Lipinski definition) is 4. The quantitative estimate of drug-likeness (QED) is 0.392. The molecule has 0 unspecified atom stereocenters. The summed E-state index contributed by atoms with van der Waals surface area (Å²) in [5.74, 6) is 1.58. The molecule has 4 rings (SSSR count). The predicted molar refractivity (Wildman–Crippen MR) is 129 cm³/mol. The van der Waals surface area contributed by atoms with Crippen LogP contribution in [0, 0.1) is 5.82 Å². The van der Waals surface area contributed by atoms with Crippen molar-refractivity contribution in [3.63, 3.8) is 0 Å². The molecule has 0 amide bonds. The first-order valence-electron chi connectivity index (χ1n) is 11.3. The fourth-order valence-corrected chi connectivity index (χ4v) is 3.95. The zero-order chi connectivity index (χ0) is 22.3. The maximum absolute atomic E-state index is 13.6. The van der Waals surface area contributed by atoms with Gasteiger partial charge in [-0.05, 0) is 61.9 Å². The largest absolute Gasteiger partial charge is 0.361 e. The van der Waals surface area contributed by atoms with Gasteiger partial charge >= 0.3 is 0 Å². The van der Waals surface area contributed by atoms with Crippen LogP contribution in [0.1, 0.15) is 18.1 Å². The van der Waals surface area contributed by atoms with Gasteiger partial charge in [-0.25, -0.2) is 14.4 Å². The molecular weight excluding hydrogens is 405 g/mol. The van der Waals surface area contributed by atoms with Crippen LogP contribution < -0.4 is 15.5 Å². The molecule has 3 aromatic rings. The minimum Gasteiger partial charge on any atom is -0.361 e. The highest BCUT2D eigenvalue weighted by atomic mass is 19.1. The number of rotatable bonds is 7. The molecule has 0 atom stereocenters. The zero-order valence-corrected chi connectivity index (χ0v) is 18.9. The monoisotopic (exact) mass is 437 g/mol. The van der Waals surface area contributed by atoms with Gasteiger partial charge in [0.2, 0.25) is 0 Å². The van der Waals surface area contributed by atoms with Crippen LogP contribution in [0.25, 0.3) is 10.9 Å². The van der Waals surface area contributed by atoms with E-state index in [1.165, 1.54) is 6.07 Å². The van der Waals surface area contributed by atoms with Crippen molar-refractivity contribution in [3.05, 3.63) is 59.7 Å². The van der Waals surface area contributed by atoms with Crippen LogP contribution in [0.2, 0.25) is 0 Å². The van der Waals surface area contributed by atoms with Gasteiger partial charge in [0.05, 0.1) is 6.54 Å². The summed E-state index contributed by atoms with van der Waals surface area (Å²) >= 11 is 0. The van der Waals surface area contributed by atoms with Crippen LogP contribution in [-0.4, -0.2) is 67.1 Å². The van der Waals surface area contributed by atoms with Crippen molar-refractivity contribution < 1.29 is 4.39 Å². The van der Waals surface area contributed by atoms with Gasteiger partial charge in [-0.3, -0.25) is 0 Å². The molecule has 3 heterocycles. The summed E-state index contributed by atoms with van der Waals surface area (Å²) in [5, 5.41) is 7.63. The Kier molecular flexibility index (Phi) is 7.21. The van der Waals surface area contributed by atoms with E-state index in [9.17, 15) is 4.39 Å². The van der Waals surface area contributed by atoms with Gasteiger partial charge in [0, 0.05) is 62.6 Å². The third-order valence-electron chi connectivity index (χ3n) is 5.82. The second-order valence-electron chi connectivity index (χ2n) is 8.19. The molecule has 1 aromatic carbocycles. The Morgan fingerprint density at radius 3 is 2.81 bits per heavy atom. The average molecular weight is 438 g/mol. The van der Waals surface area contributed by atoms with E-state index in [0.29, 0.717) is 13.1 Å². The Labute approximate surface area is 188 Å². The van der Waals surface area contributed by atoms with Gasteiger partial charge < -0.3 is 25.4 Å². The van der Waals surface area contributed by atoms with Crippen molar-refractivity contribution in [2.45, 2.75) is 19.9 Å². The Morgan fingerprint density at radius 2 is 2.00 bits per heavy atom. The number of nitrogens with one attached hydrogen (secondary N) is 3. The molecule has 2 aromatic heterocycles. The fraction of sp³-hybridized carbons (Fsp3) is 0.417. The van der Waals surface area contributed by atoms with Crippen LogP contribution in [0.5, 0.6) is 0 Å². The lowest BCUT2D eigenvalue weighted by Crippen LogP contribution is -2.44. The molecule has 7 nitrogen and oxygen atoms in total. The number of likely N-dealkylation sites (N-methyl/N-ethyl adjacent to an activating group) is 1. The van der Waals surface area contributed by atoms with Crippen LogP contribution >= 0.6 is 0 Å². The molecule has 1 aliphatic heterocycles. The summed E-state index contributed by atoms with van der Waals surface area (Å²) in [6.07, 6.45) is 4.60. The van der Waals surface area contributed by atoms with E-state index >= 15 is 0 Å². The molecule has 8 heteroatoms. The number of guanidine groups is 1. The molecule has 0 saturated carbocycles. The molecule has 170 valence electrons. The maximum Gasteiger partial charge on any atom is 0.191 e. The number of aromatic nitrogens is 2. The van der Waals surface area contributed by atoms with E-state index in [2.05, 4.69) is 50.4 Å². The molecule has 1 aliphatic rings. The maximum atomic E-state index is 13.6. The van der Waals surface area contributed by atoms with Crippen molar-refractivity contribution in [1.82, 2.24) is 25.5 Å². The Hall–Kier alpha value is -3.13. The number of aliphatic imine (C=N–C) groups is 1. The highest BCUT2D eigenvalue weighted by molar-refractivity contribution is 5.83. The number of fused-ring (bicyclic) bond motifs is 1. The molecule has 1 saturated heterocycles. The number of aromatic amines is 1. The SMILES string of the molecule is CCNC(=NCc1ccnc(N2CCN(C)CC2)c1)NCCc1c[nH]c2ccc(F)cc12. The molecule has 1 fully saturated rings. The molecule has 3 N–H and O–H groups in total. The third-order valence-corrected chi connectivity index (χ3v) is 5.82. The van der Waals surface area contributed by atoms with Crippen LogP contribution in [0.3, 0.4) is 0 Å². The molecule has 0 radical (unpaired) electrons. The van der Waals surface area contributed by atoms with Gasteiger partial charge in [-0.15, -0.1) is 0 Å². The topological polar surface area (TPSA) is 71.6 Å². The van der Waals surface area contributed by atoms with Crippen molar-refractivity contribution >= 4 is 22.7 Å². The normalized spacial score (nSPS) is 15.3. The Bertz CT molecular complexity index is 1050. The number of piperazine rings is 1. The summed E-state index contributed by atoms with van der Waals surface area (Å²) in [7, 11) is 2.15. The third kappa shape index (κ3) is 5.56. The molecule has 0 bridgehead atoms. The molecule has 32 heavy (non-hydrogen) atoms. The minimum atomic E-state index is -0.213. The van der Waals surface area contributed by atoms with E-state index in [0.717, 1.165) is 73.0 Å². The first-order chi connectivity index (χ1) is 15.6. The molecule has 0 aliphatic carbocycles. The van der Waals surface area contributed by atoms with Gasteiger partial charge in [0.25, 0.3) is 0 Å². The lowest BCUT2D eigenvalue weighted by Gasteiger charge is -2.33. The number of anilines is 1. The fourth-order valence-electron chi connectivity index (χ4n) is 3.95. The number of halogens is 1. The second kappa shape index (κ2) is 10.5. The first kappa shape index (κ1) is 22.1. The Morgan fingerprint density at radius 1 is 1.16 bits per heavy atom. The lowest BCUT2D eigenvalue weighted by molar-refractivity contribution is 0.312. The average Bonchev–Trinajstić information content (AvgIpc) is 3.20. The predicted octanol–water partition coefficient (Wildman–Crippen LogP) is 2.75. The summed E-state index contributed by atoms with van der Waals surface area (Å²) in [6.45, 7) is 8.24. The van der Waals surface area contributed by atoms with E-state index in [4.69, 9.17) is 4.99 Å². The summed E-state index contributed by atoms with van der Waals surface area (Å²) in [5.41, 5.74) is 3.18. The smallest absolute Gasteiger partial charge is 0.191 e.